The van der Waals surface area contributed by atoms with Crippen molar-refractivity contribution in [2.75, 3.05) is 6.26 Å². The average molecular weight is 544 g/mol. The maximum atomic E-state index is 13.6. The van der Waals surface area contributed by atoms with E-state index >= 15 is 0 Å². The predicted octanol–water partition coefficient (Wildman–Crippen LogP) is 3.48. The second kappa shape index (κ2) is 8.59. The third-order valence-electron chi connectivity index (χ3n) is 8.40. The van der Waals surface area contributed by atoms with Gasteiger partial charge in [0.05, 0.1) is 40.9 Å². The quantitative estimate of drug-likeness (QED) is 0.344. The van der Waals surface area contributed by atoms with Crippen molar-refractivity contribution in [2.24, 2.45) is 14.1 Å². The number of fused-ring (bicyclic) bond motifs is 5. The highest BCUT2D eigenvalue weighted by molar-refractivity contribution is 7.88. The molecule has 2 unspecified atom stereocenters. The number of nitrogens with zero attached hydrogens (tertiary/aromatic N) is 7. The standard InChI is InChI=1S/C28H29N7O3S/c1-32-16-19(14-31-32)24-8-5-18(13-29-24)17-4-9-25-23(10-17)27-26(15-30-25)33(2)28(36)34(27)22-11-20-6-7-21(12-22)35(20)39(3,37)38/h4-5,8-10,13-16,20-22H,6-7,11-12H2,1-3H3. The van der Waals surface area contributed by atoms with Crippen molar-refractivity contribution in [3.05, 3.63) is 65.6 Å². The molecule has 2 fully saturated rings. The number of benzene rings is 1. The number of aromatic nitrogens is 6. The fraction of sp³-hybridized carbons (Fsp3) is 0.357. The highest BCUT2D eigenvalue weighted by Crippen LogP contribution is 2.43. The molecule has 0 aliphatic carbocycles. The molecule has 0 amide bonds. The molecule has 0 spiro atoms. The fourth-order valence-electron chi connectivity index (χ4n) is 6.69. The first-order valence-electron chi connectivity index (χ1n) is 13.1. The molecule has 1 aromatic carbocycles. The van der Waals surface area contributed by atoms with Crippen LogP contribution in [-0.4, -0.2) is 59.9 Å². The van der Waals surface area contributed by atoms with Crippen LogP contribution < -0.4 is 5.69 Å². The smallest absolute Gasteiger partial charge is 0.293 e. The van der Waals surface area contributed by atoms with E-state index in [-0.39, 0.29) is 23.8 Å². The molecule has 200 valence electrons. The first kappa shape index (κ1) is 24.2. The maximum Gasteiger partial charge on any atom is 0.329 e. The summed E-state index contributed by atoms with van der Waals surface area (Å²) in [4.78, 5) is 22.9. The molecule has 10 nitrogen and oxygen atoms in total. The molecule has 2 saturated heterocycles. The van der Waals surface area contributed by atoms with Crippen LogP contribution in [0.2, 0.25) is 0 Å². The van der Waals surface area contributed by atoms with E-state index in [0.29, 0.717) is 12.8 Å². The minimum atomic E-state index is -3.29. The van der Waals surface area contributed by atoms with E-state index in [1.54, 1.807) is 33.0 Å². The number of hydrogen-bond acceptors (Lipinski definition) is 6. The largest absolute Gasteiger partial charge is 0.329 e. The number of hydrogen-bond donors (Lipinski definition) is 0. The second-order valence-electron chi connectivity index (χ2n) is 10.9. The molecule has 6 heterocycles. The Morgan fingerprint density at radius 1 is 0.872 bits per heavy atom. The molecule has 2 atom stereocenters. The van der Waals surface area contributed by atoms with Gasteiger partial charge >= 0.3 is 5.69 Å². The van der Waals surface area contributed by atoms with Crippen LogP contribution in [0, 0.1) is 0 Å². The maximum absolute atomic E-state index is 13.6. The SMILES string of the molecule is Cn1cc(-c2ccc(-c3ccc4ncc5c(c4c3)n(C3CC4CCC(C3)N4S(C)(=O)=O)c(=O)n5C)cn2)cn1. The zero-order valence-electron chi connectivity index (χ0n) is 22.0. The first-order chi connectivity index (χ1) is 18.7. The molecule has 0 radical (unpaired) electrons. The van der Waals surface area contributed by atoms with Crippen molar-refractivity contribution in [3.8, 4) is 22.4 Å². The molecular formula is C28H29N7O3S. The van der Waals surface area contributed by atoms with Gasteiger partial charge in [-0.2, -0.15) is 9.40 Å². The van der Waals surface area contributed by atoms with Gasteiger partial charge in [-0.25, -0.2) is 13.2 Å². The Morgan fingerprint density at radius 2 is 1.62 bits per heavy atom. The summed E-state index contributed by atoms with van der Waals surface area (Å²) >= 11 is 0. The third kappa shape index (κ3) is 3.82. The van der Waals surface area contributed by atoms with Gasteiger partial charge in [-0.3, -0.25) is 23.8 Å². The van der Waals surface area contributed by atoms with Crippen LogP contribution in [-0.2, 0) is 24.1 Å². The molecule has 2 aliphatic heterocycles. The molecule has 2 bridgehead atoms. The van der Waals surface area contributed by atoms with Crippen LogP contribution in [0.5, 0.6) is 0 Å². The van der Waals surface area contributed by atoms with Crippen molar-refractivity contribution in [3.63, 3.8) is 0 Å². The molecule has 7 rings (SSSR count). The molecular weight excluding hydrogens is 514 g/mol. The lowest BCUT2D eigenvalue weighted by Crippen LogP contribution is -2.47. The summed E-state index contributed by atoms with van der Waals surface area (Å²) in [5.74, 6) is 0. The van der Waals surface area contributed by atoms with E-state index in [9.17, 15) is 13.2 Å². The highest BCUT2D eigenvalue weighted by Gasteiger charge is 2.46. The predicted molar refractivity (Wildman–Crippen MR) is 150 cm³/mol. The number of sulfonamides is 1. The van der Waals surface area contributed by atoms with Gasteiger partial charge in [0.25, 0.3) is 0 Å². The van der Waals surface area contributed by atoms with Gasteiger partial charge in [-0.05, 0) is 49.4 Å². The minimum Gasteiger partial charge on any atom is -0.293 e. The molecule has 11 heteroatoms. The summed E-state index contributed by atoms with van der Waals surface area (Å²) in [6, 6.07) is 9.90. The van der Waals surface area contributed by atoms with Gasteiger partial charge in [0.1, 0.15) is 0 Å². The van der Waals surface area contributed by atoms with Crippen molar-refractivity contribution in [2.45, 2.75) is 43.8 Å². The topological polar surface area (TPSA) is 108 Å². The van der Waals surface area contributed by atoms with E-state index in [4.69, 9.17) is 0 Å². The Kier molecular flexibility index (Phi) is 5.33. The summed E-state index contributed by atoms with van der Waals surface area (Å²) in [5.41, 5.74) is 6.09. The lowest BCUT2D eigenvalue weighted by atomic mass is 9.98. The Morgan fingerprint density at radius 3 is 2.26 bits per heavy atom. The van der Waals surface area contributed by atoms with E-state index in [1.807, 2.05) is 48.3 Å². The normalized spacial score (nSPS) is 21.8. The van der Waals surface area contributed by atoms with Crippen molar-refractivity contribution < 1.29 is 8.42 Å². The summed E-state index contributed by atoms with van der Waals surface area (Å²) in [7, 11) is 0.372. The van der Waals surface area contributed by atoms with E-state index < -0.39 is 10.0 Å². The van der Waals surface area contributed by atoms with Gasteiger partial charge in [0.15, 0.2) is 0 Å². The van der Waals surface area contributed by atoms with Gasteiger partial charge in [0, 0.05) is 61.1 Å². The molecule has 0 N–H and O–H groups in total. The monoisotopic (exact) mass is 543 g/mol. The lowest BCUT2D eigenvalue weighted by Gasteiger charge is -2.37. The number of rotatable bonds is 4. The van der Waals surface area contributed by atoms with Crippen LogP contribution >= 0.6 is 0 Å². The number of aryl methyl sites for hydroxylation is 2. The van der Waals surface area contributed by atoms with Crippen LogP contribution in [0.25, 0.3) is 44.3 Å². The molecule has 5 aromatic rings. The fourth-order valence-corrected chi connectivity index (χ4v) is 8.16. The summed E-state index contributed by atoms with van der Waals surface area (Å²) in [6.07, 6.45) is 11.6. The van der Waals surface area contributed by atoms with Gasteiger partial charge < -0.3 is 0 Å². The van der Waals surface area contributed by atoms with Gasteiger partial charge in [-0.1, -0.05) is 12.1 Å². The third-order valence-corrected chi connectivity index (χ3v) is 9.76. The first-order valence-corrected chi connectivity index (χ1v) is 15.0. The van der Waals surface area contributed by atoms with Gasteiger partial charge in [-0.15, -0.1) is 0 Å². The minimum absolute atomic E-state index is 0.0704. The van der Waals surface area contributed by atoms with E-state index in [2.05, 4.69) is 21.1 Å². The van der Waals surface area contributed by atoms with Crippen molar-refractivity contribution in [1.29, 1.82) is 0 Å². The molecule has 4 aromatic heterocycles. The summed E-state index contributed by atoms with van der Waals surface area (Å²) < 4.78 is 31.9. The Bertz CT molecular complexity index is 1910. The zero-order valence-corrected chi connectivity index (χ0v) is 22.8. The van der Waals surface area contributed by atoms with Crippen LogP contribution in [0.3, 0.4) is 0 Å². The van der Waals surface area contributed by atoms with E-state index in [0.717, 1.165) is 57.2 Å². The summed E-state index contributed by atoms with van der Waals surface area (Å²) in [5, 5.41) is 5.13. The second-order valence-corrected chi connectivity index (χ2v) is 12.8. The van der Waals surface area contributed by atoms with E-state index in [1.165, 1.54) is 6.26 Å². The molecule has 0 saturated carbocycles. The number of pyridine rings is 2. The Labute approximate surface area is 225 Å². The molecule has 2 aliphatic rings. The lowest BCUT2D eigenvalue weighted by molar-refractivity contribution is 0.194. The van der Waals surface area contributed by atoms with Crippen molar-refractivity contribution >= 4 is 32.0 Å². The number of piperidine rings is 1. The zero-order chi connectivity index (χ0) is 27.1. The van der Waals surface area contributed by atoms with Crippen molar-refractivity contribution in [1.82, 2.24) is 33.2 Å². The molecule has 39 heavy (non-hydrogen) atoms. The average Bonchev–Trinajstić information content (AvgIpc) is 3.56. The van der Waals surface area contributed by atoms with Crippen LogP contribution in [0.15, 0.2) is 59.9 Å². The van der Waals surface area contributed by atoms with Gasteiger partial charge in [0.2, 0.25) is 10.0 Å². The Balaban J connectivity index is 1.34. The Hall–Kier alpha value is -3.83. The van der Waals surface area contributed by atoms with Crippen LogP contribution in [0.1, 0.15) is 31.7 Å². The number of imidazole rings is 1. The highest BCUT2D eigenvalue weighted by atomic mass is 32.2. The van der Waals surface area contributed by atoms with Crippen LogP contribution in [0.4, 0.5) is 0 Å². The summed E-state index contributed by atoms with van der Waals surface area (Å²) in [6.45, 7) is 0.